The Kier molecular flexibility index (Phi) is 6.20. The van der Waals surface area contributed by atoms with Crippen molar-refractivity contribution in [3.63, 3.8) is 0 Å². The van der Waals surface area contributed by atoms with E-state index in [0.29, 0.717) is 0 Å². The van der Waals surface area contributed by atoms with E-state index < -0.39 is 17.0 Å². The second kappa shape index (κ2) is 8.82. The molecular weight excluding hydrogens is 380 g/mol. The zero-order valence-corrected chi connectivity index (χ0v) is 17.4. The molecule has 0 aliphatic heterocycles. The van der Waals surface area contributed by atoms with Gasteiger partial charge in [0.1, 0.15) is 11.4 Å². The number of aryl methyl sites for hydroxylation is 2. The molecule has 0 aliphatic rings. The second-order valence-electron chi connectivity index (χ2n) is 7.21. The third kappa shape index (κ3) is 4.05. The molecule has 7 heteroatoms. The van der Waals surface area contributed by atoms with Crippen LogP contribution in [-0.4, -0.2) is 21.5 Å². The van der Waals surface area contributed by atoms with Crippen LogP contribution in [0.2, 0.25) is 0 Å². The summed E-state index contributed by atoms with van der Waals surface area (Å²) in [6.07, 6.45) is 0. The first-order chi connectivity index (χ1) is 14.3. The fourth-order valence-corrected chi connectivity index (χ4v) is 3.53. The molecule has 3 rings (SSSR count). The van der Waals surface area contributed by atoms with Gasteiger partial charge in [0, 0.05) is 12.2 Å². The molecule has 0 aliphatic carbocycles. The minimum Gasteiger partial charge on any atom is -0.384 e. The Morgan fingerprint density at radius 2 is 1.60 bits per heavy atom. The Balaban J connectivity index is 2.01. The van der Waals surface area contributed by atoms with Crippen LogP contribution < -0.4 is 22.3 Å². The minimum atomic E-state index is -0.655. The van der Waals surface area contributed by atoms with Crippen LogP contribution in [0.1, 0.15) is 34.0 Å². The molecule has 30 heavy (non-hydrogen) atoms. The summed E-state index contributed by atoms with van der Waals surface area (Å²) in [4.78, 5) is 38.7. The average molecular weight is 406 g/mol. The number of carbonyl (C=O) groups excluding carboxylic acids is 1. The molecule has 0 amide bonds. The number of Topliss-reactive ketones (excluding diaryl/α,β-unsaturated/α-hetero) is 1. The van der Waals surface area contributed by atoms with Gasteiger partial charge in [-0.3, -0.25) is 18.7 Å². The molecular formula is C23H26N4O3. The Bertz CT molecular complexity index is 1170. The minimum absolute atomic E-state index is 0.0988. The maximum Gasteiger partial charge on any atom is 0.332 e. The van der Waals surface area contributed by atoms with Gasteiger partial charge in [0.15, 0.2) is 5.78 Å². The molecule has 0 fully saturated rings. The van der Waals surface area contributed by atoms with Crippen LogP contribution >= 0.6 is 0 Å². The lowest BCUT2D eigenvalue weighted by Gasteiger charge is -2.17. The van der Waals surface area contributed by atoms with E-state index in [1.165, 1.54) is 4.57 Å². The molecule has 0 unspecified atom stereocenters. The molecule has 3 aromatic rings. The molecule has 1 aromatic heterocycles. The first-order valence-corrected chi connectivity index (χ1v) is 9.85. The van der Waals surface area contributed by atoms with Crippen molar-refractivity contribution in [2.75, 3.05) is 17.6 Å². The summed E-state index contributed by atoms with van der Waals surface area (Å²) in [5, 5.41) is 3.11. The van der Waals surface area contributed by atoms with Crippen molar-refractivity contribution in [2.45, 2.75) is 33.9 Å². The lowest BCUT2D eigenvalue weighted by Crippen LogP contribution is -2.44. The average Bonchev–Trinajstić information content (AvgIpc) is 2.72. The first kappa shape index (κ1) is 21.1. The van der Waals surface area contributed by atoms with Crippen molar-refractivity contribution in [3.8, 4) is 0 Å². The third-order valence-electron chi connectivity index (χ3n) is 5.15. The summed E-state index contributed by atoms with van der Waals surface area (Å²) in [6.45, 7) is 5.80. The maximum absolute atomic E-state index is 13.0. The molecule has 0 spiro atoms. The molecule has 1 heterocycles. The standard InChI is InChI=1S/C23H26N4O3/c1-4-26-22(29)19(18(28)13-25-20-15(2)9-8-10-16(20)3)21(24)27(23(26)30)14-17-11-6-5-7-12-17/h5-12,25H,4,13-14,24H2,1-3H3. The highest BCUT2D eigenvalue weighted by atomic mass is 16.2. The van der Waals surface area contributed by atoms with Crippen molar-refractivity contribution in [2.24, 2.45) is 0 Å². The molecule has 0 bridgehead atoms. The summed E-state index contributed by atoms with van der Waals surface area (Å²) in [5.41, 5.74) is 8.53. The Hall–Kier alpha value is -3.61. The third-order valence-corrected chi connectivity index (χ3v) is 5.15. The number of nitrogens with zero attached hydrogens (tertiary/aromatic N) is 2. The van der Waals surface area contributed by atoms with Crippen LogP contribution in [0.3, 0.4) is 0 Å². The number of aromatic nitrogens is 2. The van der Waals surface area contributed by atoms with Gasteiger partial charge in [-0.1, -0.05) is 48.5 Å². The highest BCUT2D eigenvalue weighted by Crippen LogP contribution is 2.19. The molecule has 2 aromatic carbocycles. The topological polar surface area (TPSA) is 99.1 Å². The van der Waals surface area contributed by atoms with Crippen LogP contribution in [0.4, 0.5) is 11.5 Å². The van der Waals surface area contributed by atoms with Crippen molar-refractivity contribution >= 4 is 17.3 Å². The predicted molar refractivity (Wildman–Crippen MR) is 119 cm³/mol. The van der Waals surface area contributed by atoms with Gasteiger partial charge in [-0.05, 0) is 37.5 Å². The molecule has 3 N–H and O–H groups in total. The maximum atomic E-state index is 13.0. The molecule has 0 radical (unpaired) electrons. The SMILES string of the molecule is CCn1c(=O)c(C(=O)CNc2c(C)cccc2C)c(N)n(Cc2ccccc2)c1=O. The normalized spacial score (nSPS) is 10.8. The van der Waals surface area contributed by atoms with Crippen molar-refractivity contribution in [1.82, 2.24) is 9.13 Å². The number of hydrogen-bond acceptors (Lipinski definition) is 5. The van der Waals surface area contributed by atoms with Crippen LogP contribution in [0.5, 0.6) is 0 Å². The van der Waals surface area contributed by atoms with E-state index in [4.69, 9.17) is 5.73 Å². The van der Waals surface area contributed by atoms with Gasteiger partial charge < -0.3 is 11.1 Å². The predicted octanol–water partition coefficient (Wildman–Crippen LogP) is 2.57. The smallest absolute Gasteiger partial charge is 0.332 e. The number of benzene rings is 2. The van der Waals surface area contributed by atoms with Gasteiger partial charge in [0.25, 0.3) is 5.56 Å². The molecule has 156 valence electrons. The number of anilines is 2. The number of rotatable bonds is 7. The number of nitrogens with two attached hydrogens (primary N) is 1. The van der Waals surface area contributed by atoms with Crippen LogP contribution in [-0.2, 0) is 13.1 Å². The van der Waals surface area contributed by atoms with Gasteiger partial charge >= 0.3 is 5.69 Å². The van der Waals surface area contributed by atoms with Crippen molar-refractivity contribution in [1.29, 1.82) is 0 Å². The number of nitrogens with one attached hydrogen (secondary N) is 1. The zero-order valence-electron chi connectivity index (χ0n) is 17.4. The number of carbonyl (C=O) groups is 1. The van der Waals surface area contributed by atoms with Crippen molar-refractivity contribution in [3.05, 3.63) is 91.6 Å². The lowest BCUT2D eigenvalue weighted by molar-refractivity contribution is 0.100. The van der Waals surface area contributed by atoms with E-state index >= 15 is 0 Å². The van der Waals surface area contributed by atoms with Gasteiger partial charge in [0.05, 0.1) is 13.1 Å². The quantitative estimate of drug-likeness (QED) is 0.588. The summed E-state index contributed by atoms with van der Waals surface area (Å²) < 4.78 is 2.33. The highest BCUT2D eigenvalue weighted by Gasteiger charge is 2.22. The summed E-state index contributed by atoms with van der Waals surface area (Å²) in [5.74, 6) is -0.559. The summed E-state index contributed by atoms with van der Waals surface area (Å²) in [7, 11) is 0. The molecule has 0 saturated carbocycles. The second-order valence-corrected chi connectivity index (χ2v) is 7.21. The fraction of sp³-hybridized carbons (Fsp3) is 0.261. The Morgan fingerprint density at radius 1 is 0.967 bits per heavy atom. The molecule has 0 atom stereocenters. The van der Waals surface area contributed by atoms with E-state index in [-0.39, 0.29) is 31.0 Å². The summed E-state index contributed by atoms with van der Waals surface area (Å²) in [6, 6.07) is 15.1. The van der Waals surface area contributed by atoms with Gasteiger partial charge in [-0.25, -0.2) is 4.79 Å². The van der Waals surface area contributed by atoms with Crippen LogP contribution in [0.25, 0.3) is 0 Å². The first-order valence-electron chi connectivity index (χ1n) is 9.85. The van der Waals surface area contributed by atoms with Crippen molar-refractivity contribution < 1.29 is 4.79 Å². The number of para-hydroxylation sites is 1. The van der Waals surface area contributed by atoms with E-state index in [9.17, 15) is 14.4 Å². The van der Waals surface area contributed by atoms with Gasteiger partial charge in [-0.15, -0.1) is 0 Å². The van der Waals surface area contributed by atoms with E-state index in [1.807, 2.05) is 62.4 Å². The monoisotopic (exact) mass is 406 g/mol. The highest BCUT2D eigenvalue weighted by molar-refractivity contribution is 6.02. The van der Waals surface area contributed by atoms with Gasteiger partial charge in [-0.2, -0.15) is 0 Å². The van der Waals surface area contributed by atoms with E-state index in [0.717, 1.165) is 26.9 Å². The van der Waals surface area contributed by atoms with Crippen LogP contribution in [0, 0.1) is 13.8 Å². The molecule has 7 nitrogen and oxygen atoms in total. The van der Waals surface area contributed by atoms with E-state index in [2.05, 4.69) is 5.32 Å². The number of nitrogen functional groups attached to an aromatic ring is 1. The van der Waals surface area contributed by atoms with Gasteiger partial charge in [0.2, 0.25) is 0 Å². The summed E-state index contributed by atoms with van der Waals surface area (Å²) >= 11 is 0. The molecule has 0 saturated heterocycles. The van der Waals surface area contributed by atoms with E-state index in [1.54, 1.807) is 6.92 Å². The number of ketones is 1. The Morgan fingerprint density at radius 3 is 2.20 bits per heavy atom. The lowest BCUT2D eigenvalue weighted by atomic mass is 10.1. The Labute approximate surface area is 174 Å². The number of hydrogen-bond donors (Lipinski definition) is 2. The fourth-order valence-electron chi connectivity index (χ4n) is 3.53. The van der Waals surface area contributed by atoms with Crippen LogP contribution in [0.15, 0.2) is 58.1 Å². The zero-order chi connectivity index (χ0) is 21.8. The largest absolute Gasteiger partial charge is 0.384 e.